The summed E-state index contributed by atoms with van der Waals surface area (Å²) in [5.74, 6) is 0. The molecule has 0 radical (unpaired) electrons. The first-order chi connectivity index (χ1) is 6.71. The lowest BCUT2D eigenvalue weighted by atomic mass is 10.0. The fraction of sp³-hybridized carbons (Fsp3) is 1.00. The van der Waals surface area contributed by atoms with Gasteiger partial charge in [0.1, 0.15) is 0 Å². The number of rotatable bonds is 0. The molecular formula is C10H22N2O2. The van der Waals surface area contributed by atoms with Crippen LogP contribution in [-0.4, -0.2) is 38.4 Å². The molecule has 84 valence electrons. The molecule has 0 bridgehead atoms. The van der Waals surface area contributed by atoms with Crippen LogP contribution in [0.4, 0.5) is 0 Å². The molecule has 2 rings (SSSR count). The molecule has 4 heteroatoms. The van der Waals surface area contributed by atoms with E-state index in [0.29, 0.717) is 0 Å². The summed E-state index contributed by atoms with van der Waals surface area (Å²) in [4.78, 5) is 9.75. The van der Waals surface area contributed by atoms with Gasteiger partial charge in [0, 0.05) is 26.2 Å². The average molecular weight is 202 g/mol. The standard InChI is InChI=1S/C6H12O2.C4H10N2/c1-6(2)4-3-5-7-8-6;1-2-6-4-3-5-1/h3-5H2,1-2H3;5-6H,1-4H2. The van der Waals surface area contributed by atoms with Gasteiger partial charge in [-0.25, -0.2) is 9.78 Å². The van der Waals surface area contributed by atoms with Crippen molar-refractivity contribution in [2.75, 3.05) is 32.8 Å². The molecule has 0 amide bonds. The normalized spacial score (nSPS) is 26.1. The van der Waals surface area contributed by atoms with Crippen molar-refractivity contribution < 1.29 is 9.78 Å². The van der Waals surface area contributed by atoms with E-state index in [-0.39, 0.29) is 5.60 Å². The summed E-state index contributed by atoms with van der Waals surface area (Å²) in [6, 6.07) is 0. The molecule has 2 heterocycles. The maximum atomic E-state index is 4.97. The van der Waals surface area contributed by atoms with Gasteiger partial charge in [-0.2, -0.15) is 0 Å². The molecule has 2 aliphatic rings. The Hall–Kier alpha value is -0.160. The number of hydrogen-bond acceptors (Lipinski definition) is 4. The monoisotopic (exact) mass is 202 g/mol. The summed E-state index contributed by atoms with van der Waals surface area (Å²) in [7, 11) is 0. The van der Waals surface area contributed by atoms with E-state index in [1.807, 2.05) is 13.8 Å². The van der Waals surface area contributed by atoms with Gasteiger partial charge in [0.2, 0.25) is 0 Å². The third kappa shape index (κ3) is 5.54. The van der Waals surface area contributed by atoms with Gasteiger partial charge >= 0.3 is 0 Å². The van der Waals surface area contributed by atoms with E-state index < -0.39 is 0 Å². The molecule has 2 N–H and O–H groups in total. The molecule has 0 aliphatic carbocycles. The van der Waals surface area contributed by atoms with E-state index in [1.54, 1.807) is 0 Å². The highest BCUT2D eigenvalue weighted by Crippen LogP contribution is 2.20. The Labute approximate surface area is 86.3 Å². The first kappa shape index (κ1) is 11.9. The molecule has 0 aromatic heterocycles. The van der Waals surface area contributed by atoms with Gasteiger partial charge in [-0.05, 0) is 26.7 Å². The molecule has 2 aliphatic heterocycles. The van der Waals surface area contributed by atoms with Crippen molar-refractivity contribution in [1.82, 2.24) is 10.6 Å². The van der Waals surface area contributed by atoms with Crippen LogP contribution in [0.25, 0.3) is 0 Å². The quantitative estimate of drug-likeness (QED) is 0.567. The van der Waals surface area contributed by atoms with E-state index in [0.717, 1.165) is 45.6 Å². The van der Waals surface area contributed by atoms with Gasteiger partial charge in [-0.3, -0.25) is 0 Å². The first-order valence-corrected chi connectivity index (χ1v) is 5.43. The second kappa shape index (κ2) is 6.35. The second-order valence-corrected chi connectivity index (χ2v) is 4.27. The molecular weight excluding hydrogens is 180 g/mol. The lowest BCUT2D eigenvalue weighted by Gasteiger charge is -2.27. The largest absolute Gasteiger partial charge is 0.314 e. The molecule has 4 nitrogen and oxygen atoms in total. The molecule has 2 fully saturated rings. The van der Waals surface area contributed by atoms with E-state index in [4.69, 9.17) is 9.78 Å². The van der Waals surface area contributed by atoms with E-state index in [2.05, 4.69) is 10.6 Å². The first-order valence-electron chi connectivity index (χ1n) is 5.43. The summed E-state index contributed by atoms with van der Waals surface area (Å²) < 4.78 is 0. The summed E-state index contributed by atoms with van der Waals surface area (Å²) in [6.07, 6.45) is 2.22. The van der Waals surface area contributed by atoms with Crippen molar-refractivity contribution in [3.63, 3.8) is 0 Å². The molecule has 0 saturated carbocycles. The SMILES string of the molecule is C1CNCCN1.CC1(C)CCCOO1. The van der Waals surface area contributed by atoms with Crippen LogP contribution in [0, 0.1) is 0 Å². The lowest BCUT2D eigenvalue weighted by Crippen LogP contribution is -2.39. The highest BCUT2D eigenvalue weighted by molar-refractivity contribution is 4.67. The number of hydrogen-bond donors (Lipinski definition) is 2. The Morgan fingerprint density at radius 3 is 1.79 bits per heavy atom. The maximum absolute atomic E-state index is 4.97. The Bertz CT molecular complexity index is 128. The van der Waals surface area contributed by atoms with Crippen LogP contribution >= 0.6 is 0 Å². The van der Waals surface area contributed by atoms with Crippen LogP contribution in [0.15, 0.2) is 0 Å². The van der Waals surface area contributed by atoms with E-state index in [1.165, 1.54) is 0 Å². The zero-order valence-corrected chi connectivity index (χ0v) is 9.27. The fourth-order valence-corrected chi connectivity index (χ4v) is 1.40. The van der Waals surface area contributed by atoms with Crippen molar-refractivity contribution in [1.29, 1.82) is 0 Å². The zero-order chi connectivity index (χ0) is 10.3. The summed E-state index contributed by atoms with van der Waals surface area (Å²) in [6.45, 7) is 9.38. The third-order valence-corrected chi connectivity index (χ3v) is 2.25. The second-order valence-electron chi connectivity index (χ2n) is 4.27. The number of piperazine rings is 1. The highest BCUT2D eigenvalue weighted by Gasteiger charge is 2.22. The van der Waals surface area contributed by atoms with Gasteiger partial charge < -0.3 is 10.6 Å². The minimum absolute atomic E-state index is 0.0434. The molecule has 0 atom stereocenters. The summed E-state index contributed by atoms with van der Waals surface area (Å²) >= 11 is 0. The lowest BCUT2D eigenvalue weighted by molar-refractivity contribution is -0.374. The Kier molecular flexibility index (Phi) is 5.40. The molecule has 14 heavy (non-hydrogen) atoms. The fourth-order valence-electron chi connectivity index (χ4n) is 1.40. The van der Waals surface area contributed by atoms with Gasteiger partial charge in [-0.15, -0.1) is 0 Å². The number of nitrogens with one attached hydrogen (secondary N) is 2. The van der Waals surface area contributed by atoms with Crippen molar-refractivity contribution in [3.05, 3.63) is 0 Å². The molecule has 2 saturated heterocycles. The van der Waals surface area contributed by atoms with Gasteiger partial charge in [-0.1, -0.05) is 0 Å². The van der Waals surface area contributed by atoms with Gasteiger partial charge in [0.15, 0.2) is 0 Å². The Morgan fingerprint density at radius 2 is 1.57 bits per heavy atom. The molecule has 0 aromatic carbocycles. The van der Waals surface area contributed by atoms with Crippen LogP contribution in [0.3, 0.4) is 0 Å². The third-order valence-electron chi connectivity index (χ3n) is 2.25. The zero-order valence-electron chi connectivity index (χ0n) is 9.27. The van der Waals surface area contributed by atoms with Crippen molar-refractivity contribution in [2.24, 2.45) is 0 Å². The summed E-state index contributed by atoms with van der Waals surface area (Å²) in [5, 5.41) is 6.44. The van der Waals surface area contributed by atoms with Gasteiger partial charge in [0.25, 0.3) is 0 Å². The maximum Gasteiger partial charge on any atom is 0.0980 e. The molecule has 0 unspecified atom stereocenters. The van der Waals surface area contributed by atoms with Gasteiger partial charge in [0.05, 0.1) is 12.2 Å². The summed E-state index contributed by atoms with van der Waals surface area (Å²) in [5.41, 5.74) is -0.0434. The van der Waals surface area contributed by atoms with Crippen LogP contribution in [-0.2, 0) is 9.78 Å². The molecule has 0 aromatic rings. The van der Waals surface area contributed by atoms with Crippen LogP contribution in [0.5, 0.6) is 0 Å². The van der Waals surface area contributed by atoms with Crippen molar-refractivity contribution in [3.8, 4) is 0 Å². The van der Waals surface area contributed by atoms with Crippen molar-refractivity contribution in [2.45, 2.75) is 32.3 Å². The Morgan fingerprint density at radius 1 is 1.00 bits per heavy atom. The van der Waals surface area contributed by atoms with Crippen LogP contribution in [0.2, 0.25) is 0 Å². The van der Waals surface area contributed by atoms with Crippen LogP contribution in [0.1, 0.15) is 26.7 Å². The van der Waals surface area contributed by atoms with E-state index in [9.17, 15) is 0 Å². The van der Waals surface area contributed by atoms with Crippen molar-refractivity contribution >= 4 is 0 Å². The smallest absolute Gasteiger partial charge is 0.0980 e. The topological polar surface area (TPSA) is 42.5 Å². The minimum atomic E-state index is -0.0434. The molecule has 0 spiro atoms. The predicted octanol–water partition coefficient (Wildman–Crippen LogP) is 0.686. The predicted molar refractivity (Wildman–Crippen MR) is 56.1 cm³/mol. The average Bonchev–Trinajstić information content (AvgIpc) is 2.21. The highest BCUT2D eigenvalue weighted by atomic mass is 17.2. The Balaban J connectivity index is 0.000000146. The van der Waals surface area contributed by atoms with Crippen LogP contribution < -0.4 is 10.6 Å². The minimum Gasteiger partial charge on any atom is -0.314 e. The van der Waals surface area contributed by atoms with E-state index >= 15 is 0 Å².